The predicted molar refractivity (Wildman–Crippen MR) is 146 cm³/mol. The maximum Gasteiger partial charge on any atom is 0.184 e. The number of benzene rings is 1. The Morgan fingerprint density at radius 2 is 1.37 bits per heavy atom. The standard InChI is InChI=1S/C17H24O3S.C11H22O2S/c1-4-21-17-12(3)11(2)15-14(19-17)10-18-16(20-15)13-8-6-5-7-9-13;1-5-14-11-9(4)7(2)8(3)10(6-12)13-11/h5-9,11-12,14-17H,4,10H2,1-3H3;7-12H,5-6H2,1-4H3/t11-,12?,14?,15+,16?,17-;7-,8-,9?,10?,11+/m10/s1. The zero-order valence-electron chi connectivity index (χ0n) is 22.5. The summed E-state index contributed by atoms with van der Waals surface area (Å²) >= 11 is 3.74. The van der Waals surface area contributed by atoms with Crippen LogP contribution in [0, 0.1) is 29.6 Å². The second-order valence-corrected chi connectivity index (χ2v) is 12.9. The minimum Gasteiger partial charge on any atom is -0.394 e. The minimum atomic E-state index is -0.263. The van der Waals surface area contributed by atoms with Crippen molar-refractivity contribution >= 4 is 23.5 Å². The van der Waals surface area contributed by atoms with Crippen LogP contribution in [0.5, 0.6) is 0 Å². The van der Waals surface area contributed by atoms with Crippen molar-refractivity contribution in [3.05, 3.63) is 35.9 Å². The SMILES string of the molecule is CCS[C@H]1OC(CO)[C@@H](C)[C@H](C)C1C.CCS[C@H]1OC2COC(c3ccccc3)O[C@H]2[C@H](C)C1C. The molecule has 0 bridgehead atoms. The monoisotopic (exact) mass is 526 g/mol. The summed E-state index contributed by atoms with van der Waals surface area (Å²) in [6.45, 7) is 16.3. The zero-order chi connectivity index (χ0) is 25.5. The van der Waals surface area contributed by atoms with E-state index in [1.807, 2.05) is 41.7 Å². The lowest BCUT2D eigenvalue weighted by molar-refractivity contribution is -0.300. The fourth-order valence-corrected chi connectivity index (χ4v) is 7.36. The van der Waals surface area contributed by atoms with Gasteiger partial charge in [0.1, 0.15) is 17.0 Å². The number of hydrogen-bond donors (Lipinski definition) is 1. The predicted octanol–water partition coefficient (Wildman–Crippen LogP) is 6.22. The third-order valence-electron chi connectivity index (χ3n) is 8.04. The summed E-state index contributed by atoms with van der Waals surface area (Å²) < 4.78 is 24.2. The van der Waals surface area contributed by atoms with Crippen LogP contribution in [0.3, 0.4) is 0 Å². The fourth-order valence-electron chi connectivity index (χ4n) is 5.16. The van der Waals surface area contributed by atoms with E-state index in [2.05, 4.69) is 60.6 Å². The first-order chi connectivity index (χ1) is 16.8. The lowest BCUT2D eigenvalue weighted by Crippen LogP contribution is -2.54. The van der Waals surface area contributed by atoms with Crippen molar-refractivity contribution in [3.8, 4) is 0 Å². The maximum atomic E-state index is 9.22. The van der Waals surface area contributed by atoms with Crippen LogP contribution in [0.25, 0.3) is 0 Å². The van der Waals surface area contributed by atoms with Gasteiger partial charge in [-0.3, -0.25) is 0 Å². The van der Waals surface area contributed by atoms with Crippen molar-refractivity contribution in [2.24, 2.45) is 29.6 Å². The number of aliphatic hydroxyl groups excluding tert-OH is 1. The van der Waals surface area contributed by atoms with E-state index in [0.717, 1.165) is 17.1 Å². The Labute approximate surface area is 221 Å². The molecule has 0 radical (unpaired) electrons. The Hall–Kier alpha value is -0.280. The summed E-state index contributed by atoms with van der Waals surface area (Å²) in [6.07, 6.45) is -0.0563. The van der Waals surface area contributed by atoms with Gasteiger partial charge in [-0.1, -0.05) is 78.8 Å². The molecule has 3 aliphatic rings. The summed E-state index contributed by atoms with van der Waals surface area (Å²) in [6, 6.07) is 10.2. The highest BCUT2D eigenvalue weighted by atomic mass is 32.2. The molecule has 3 heterocycles. The van der Waals surface area contributed by atoms with Crippen LogP contribution in [-0.2, 0) is 18.9 Å². The molecule has 4 rings (SSSR count). The van der Waals surface area contributed by atoms with E-state index in [9.17, 15) is 5.11 Å². The second-order valence-electron chi connectivity index (χ2n) is 10.2. The highest BCUT2D eigenvalue weighted by molar-refractivity contribution is 7.99. The quantitative estimate of drug-likeness (QED) is 0.472. The molecule has 7 heteroatoms. The van der Waals surface area contributed by atoms with Crippen molar-refractivity contribution < 1.29 is 24.1 Å². The molecule has 1 aromatic rings. The normalized spacial score (nSPS) is 41.4. The summed E-state index contributed by atoms with van der Waals surface area (Å²) in [5.41, 5.74) is 1.61. The van der Waals surface area contributed by atoms with Crippen LogP contribution in [0.1, 0.15) is 60.3 Å². The van der Waals surface area contributed by atoms with E-state index in [1.54, 1.807) is 0 Å². The van der Waals surface area contributed by atoms with Gasteiger partial charge in [0.05, 0.1) is 25.4 Å². The van der Waals surface area contributed by atoms with Gasteiger partial charge in [0, 0.05) is 5.56 Å². The maximum absolute atomic E-state index is 9.22. The lowest BCUT2D eigenvalue weighted by atomic mass is 9.80. The van der Waals surface area contributed by atoms with Gasteiger partial charge in [0.15, 0.2) is 6.29 Å². The Morgan fingerprint density at radius 1 is 0.771 bits per heavy atom. The first-order valence-corrected chi connectivity index (χ1v) is 15.4. The molecule has 3 saturated heterocycles. The van der Waals surface area contributed by atoms with Crippen LogP contribution in [-0.4, -0.2) is 59.0 Å². The average molecular weight is 527 g/mol. The molecule has 3 fully saturated rings. The smallest absolute Gasteiger partial charge is 0.184 e. The van der Waals surface area contributed by atoms with Gasteiger partial charge in [0.2, 0.25) is 0 Å². The summed E-state index contributed by atoms with van der Waals surface area (Å²) in [5, 5.41) is 9.22. The second kappa shape index (κ2) is 14.0. The molecule has 35 heavy (non-hydrogen) atoms. The molecule has 1 aromatic carbocycles. The molecule has 5 nitrogen and oxygen atoms in total. The summed E-state index contributed by atoms with van der Waals surface area (Å²) in [5.74, 6) is 4.79. The van der Waals surface area contributed by atoms with Gasteiger partial charge in [-0.05, 0) is 41.1 Å². The zero-order valence-corrected chi connectivity index (χ0v) is 24.1. The first-order valence-electron chi connectivity index (χ1n) is 13.3. The van der Waals surface area contributed by atoms with Crippen molar-refractivity contribution in [1.29, 1.82) is 0 Å². The van der Waals surface area contributed by atoms with Gasteiger partial charge in [-0.25, -0.2) is 0 Å². The van der Waals surface area contributed by atoms with E-state index in [-0.39, 0.29) is 42.1 Å². The molecule has 200 valence electrons. The van der Waals surface area contributed by atoms with Crippen molar-refractivity contribution in [1.82, 2.24) is 0 Å². The number of aliphatic hydroxyl groups is 1. The lowest BCUT2D eigenvalue weighted by Gasteiger charge is -2.48. The van der Waals surface area contributed by atoms with Gasteiger partial charge >= 0.3 is 0 Å². The van der Waals surface area contributed by atoms with E-state index in [4.69, 9.17) is 18.9 Å². The van der Waals surface area contributed by atoms with Crippen LogP contribution in [0.15, 0.2) is 30.3 Å². The highest BCUT2D eigenvalue weighted by Crippen LogP contribution is 2.42. The van der Waals surface area contributed by atoms with E-state index in [1.165, 1.54) is 0 Å². The number of hydrogen-bond acceptors (Lipinski definition) is 7. The topological polar surface area (TPSA) is 57.2 Å². The van der Waals surface area contributed by atoms with Crippen LogP contribution >= 0.6 is 23.5 Å². The Kier molecular flexibility index (Phi) is 11.7. The Balaban J connectivity index is 0.000000214. The molecule has 0 saturated carbocycles. The van der Waals surface area contributed by atoms with Crippen LogP contribution < -0.4 is 0 Å². The number of thioether (sulfide) groups is 2. The van der Waals surface area contributed by atoms with Crippen molar-refractivity contribution in [2.75, 3.05) is 24.7 Å². The van der Waals surface area contributed by atoms with Gasteiger partial charge in [-0.2, -0.15) is 0 Å². The van der Waals surface area contributed by atoms with E-state index < -0.39 is 0 Å². The average Bonchev–Trinajstić information content (AvgIpc) is 2.88. The molecule has 0 spiro atoms. The molecule has 0 aliphatic carbocycles. The van der Waals surface area contributed by atoms with Gasteiger partial charge < -0.3 is 24.1 Å². The molecule has 3 aliphatic heterocycles. The third-order valence-corrected chi connectivity index (χ3v) is 10.4. The largest absolute Gasteiger partial charge is 0.394 e. The first kappa shape index (κ1) is 29.3. The summed E-state index contributed by atoms with van der Waals surface area (Å²) in [7, 11) is 0. The van der Waals surface area contributed by atoms with Gasteiger partial charge in [-0.15, -0.1) is 23.5 Å². The number of rotatable bonds is 6. The molecule has 11 atom stereocenters. The van der Waals surface area contributed by atoms with Crippen molar-refractivity contribution in [3.63, 3.8) is 0 Å². The Morgan fingerprint density at radius 3 is 1.97 bits per heavy atom. The molecule has 0 amide bonds. The Bertz CT molecular complexity index is 731. The number of ether oxygens (including phenoxy) is 4. The van der Waals surface area contributed by atoms with Crippen LogP contribution in [0.2, 0.25) is 0 Å². The van der Waals surface area contributed by atoms with E-state index in [0.29, 0.717) is 36.2 Å². The summed E-state index contributed by atoms with van der Waals surface area (Å²) in [4.78, 5) is 0. The molecular weight excluding hydrogens is 480 g/mol. The molecule has 5 unspecified atom stereocenters. The fraction of sp³-hybridized carbons (Fsp3) is 0.786. The molecule has 1 N–H and O–H groups in total. The van der Waals surface area contributed by atoms with Crippen molar-refractivity contribution in [2.45, 2.75) is 83.9 Å². The molecule has 0 aromatic heterocycles. The minimum absolute atomic E-state index is 0.0326. The van der Waals surface area contributed by atoms with Crippen LogP contribution in [0.4, 0.5) is 0 Å². The highest BCUT2D eigenvalue weighted by Gasteiger charge is 2.46. The van der Waals surface area contributed by atoms with Gasteiger partial charge in [0.25, 0.3) is 0 Å². The molecular formula is C28H46O5S2. The van der Waals surface area contributed by atoms with E-state index >= 15 is 0 Å². The third kappa shape index (κ3) is 7.18. The number of fused-ring (bicyclic) bond motifs is 1.